The summed E-state index contributed by atoms with van der Waals surface area (Å²) in [6.45, 7) is 12.2. The Bertz CT molecular complexity index is 235. The van der Waals surface area contributed by atoms with Gasteiger partial charge in [0.1, 0.15) is 0 Å². The standard InChI is InChI=1S/C16H32N2/c1-4-8-18-11-15(13(2)3)9-16(12-18)17-10-14-6-5-7-14/h13-17H,4-12H2,1-3H3. The third kappa shape index (κ3) is 3.96. The van der Waals surface area contributed by atoms with Crippen LogP contribution in [0, 0.1) is 17.8 Å². The Morgan fingerprint density at radius 2 is 2.00 bits per heavy atom. The Kier molecular flexibility index (Phi) is 5.50. The summed E-state index contributed by atoms with van der Waals surface area (Å²) in [4.78, 5) is 2.69. The van der Waals surface area contributed by atoms with E-state index in [2.05, 4.69) is 31.0 Å². The van der Waals surface area contributed by atoms with Gasteiger partial charge in [-0.15, -0.1) is 0 Å². The summed E-state index contributed by atoms with van der Waals surface area (Å²) in [5.41, 5.74) is 0. The highest BCUT2D eigenvalue weighted by Crippen LogP contribution is 2.27. The first-order valence-corrected chi connectivity index (χ1v) is 8.14. The first kappa shape index (κ1) is 14.3. The largest absolute Gasteiger partial charge is 0.312 e. The monoisotopic (exact) mass is 252 g/mol. The van der Waals surface area contributed by atoms with Crippen LogP contribution in [0.4, 0.5) is 0 Å². The maximum Gasteiger partial charge on any atom is 0.0198 e. The highest BCUT2D eigenvalue weighted by molar-refractivity contribution is 4.86. The lowest BCUT2D eigenvalue weighted by atomic mass is 9.83. The quantitative estimate of drug-likeness (QED) is 0.781. The van der Waals surface area contributed by atoms with Crippen LogP contribution in [0.3, 0.4) is 0 Å². The predicted octanol–water partition coefficient (Wildman–Crippen LogP) is 3.13. The van der Waals surface area contributed by atoms with Crippen LogP contribution in [0.5, 0.6) is 0 Å². The average Bonchev–Trinajstić information content (AvgIpc) is 2.27. The number of piperidine rings is 1. The average molecular weight is 252 g/mol. The van der Waals surface area contributed by atoms with Crippen molar-refractivity contribution < 1.29 is 0 Å². The summed E-state index contributed by atoms with van der Waals surface area (Å²) in [5.74, 6) is 2.71. The Balaban J connectivity index is 1.79. The van der Waals surface area contributed by atoms with Gasteiger partial charge in [-0.2, -0.15) is 0 Å². The van der Waals surface area contributed by atoms with E-state index in [0.29, 0.717) is 0 Å². The van der Waals surface area contributed by atoms with Crippen LogP contribution in [0.15, 0.2) is 0 Å². The summed E-state index contributed by atoms with van der Waals surface area (Å²) in [6.07, 6.45) is 7.08. The molecule has 2 rings (SSSR count). The summed E-state index contributed by atoms with van der Waals surface area (Å²) in [7, 11) is 0. The third-order valence-electron chi connectivity index (χ3n) is 4.96. The highest BCUT2D eigenvalue weighted by atomic mass is 15.2. The minimum absolute atomic E-state index is 0.748. The van der Waals surface area contributed by atoms with Gasteiger partial charge in [-0.05, 0) is 56.5 Å². The lowest BCUT2D eigenvalue weighted by Crippen LogP contribution is -2.51. The summed E-state index contributed by atoms with van der Waals surface area (Å²) in [6, 6.07) is 0.748. The molecule has 2 unspecified atom stereocenters. The maximum atomic E-state index is 3.86. The van der Waals surface area contributed by atoms with Crippen molar-refractivity contribution in [2.24, 2.45) is 17.8 Å². The topological polar surface area (TPSA) is 15.3 Å². The lowest BCUT2D eigenvalue weighted by Gasteiger charge is -2.40. The molecule has 1 N–H and O–H groups in total. The van der Waals surface area contributed by atoms with E-state index in [9.17, 15) is 0 Å². The van der Waals surface area contributed by atoms with E-state index in [-0.39, 0.29) is 0 Å². The molecule has 2 nitrogen and oxygen atoms in total. The molecule has 106 valence electrons. The molecule has 1 aliphatic heterocycles. The first-order chi connectivity index (χ1) is 8.69. The van der Waals surface area contributed by atoms with E-state index in [4.69, 9.17) is 0 Å². The Morgan fingerprint density at radius 3 is 2.56 bits per heavy atom. The van der Waals surface area contributed by atoms with Crippen molar-refractivity contribution in [2.75, 3.05) is 26.2 Å². The second-order valence-electron chi connectivity index (χ2n) is 6.90. The molecular weight excluding hydrogens is 220 g/mol. The molecule has 0 bridgehead atoms. The molecule has 1 saturated heterocycles. The smallest absolute Gasteiger partial charge is 0.0198 e. The Hall–Kier alpha value is -0.0800. The molecule has 2 fully saturated rings. The van der Waals surface area contributed by atoms with Gasteiger partial charge in [-0.25, -0.2) is 0 Å². The van der Waals surface area contributed by atoms with Crippen molar-refractivity contribution in [1.82, 2.24) is 10.2 Å². The molecule has 0 aromatic rings. The number of rotatable bonds is 6. The van der Waals surface area contributed by atoms with Crippen molar-refractivity contribution in [1.29, 1.82) is 0 Å². The fourth-order valence-electron chi connectivity index (χ4n) is 3.39. The van der Waals surface area contributed by atoms with E-state index in [1.165, 1.54) is 58.3 Å². The van der Waals surface area contributed by atoms with E-state index in [1.807, 2.05) is 0 Å². The number of hydrogen-bond donors (Lipinski definition) is 1. The van der Waals surface area contributed by atoms with Gasteiger partial charge in [0.05, 0.1) is 0 Å². The van der Waals surface area contributed by atoms with Crippen molar-refractivity contribution in [2.45, 2.75) is 58.9 Å². The molecule has 2 atom stereocenters. The van der Waals surface area contributed by atoms with Gasteiger partial charge in [0.15, 0.2) is 0 Å². The fourth-order valence-corrected chi connectivity index (χ4v) is 3.39. The number of hydrogen-bond acceptors (Lipinski definition) is 2. The molecule has 1 aliphatic carbocycles. The normalized spacial score (nSPS) is 30.7. The van der Waals surface area contributed by atoms with Gasteiger partial charge in [0.2, 0.25) is 0 Å². The highest BCUT2D eigenvalue weighted by Gasteiger charge is 2.29. The van der Waals surface area contributed by atoms with Crippen molar-refractivity contribution >= 4 is 0 Å². The fraction of sp³-hybridized carbons (Fsp3) is 1.00. The van der Waals surface area contributed by atoms with Gasteiger partial charge in [0, 0.05) is 19.1 Å². The van der Waals surface area contributed by atoms with Gasteiger partial charge < -0.3 is 10.2 Å². The molecule has 1 heterocycles. The second kappa shape index (κ2) is 6.91. The molecule has 18 heavy (non-hydrogen) atoms. The van der Waals surface area contributed by atoms with Crippen LogP contribution in [-0.4, -0.2) is 37.1 Å². The summed E-state index contributed by atoms with van der Waals surface area (Å²) < 4.78 is 0. The van der Waals surface area contributed by atoms with Crippen LogP contribution in [0.25, 0.3) is 0 Å². The molecule has 2 heteroatoms. The summed E-state index contributed by atoms with van der Waals surface area (Å²) >= 11 is 0. The number of likely N-dealkylation sites (tertiary alicyclic amines) is 1. The van der Waals surface area contributed by atoms with Crippen molar-refractivity contribution in [3.8, 4) is 0 Å². The zero-order chi connectivity index (χ0) is 13.0. The van der Waals surface area contributed by atoms with Crippen LogP contribution in [-0.2, 0) is 0 Å². The molecule has 0 radical (unpaired) electrons. The van der Waals surface area contributed by atoms with E-state index in [0.717, 1.165) is 23.8 Å². The Morgan fingerprint density at radius 1 is 1.22 bits per heavy atom. The first-order valence-electron chi connectivity index (χ1n) is 8.14. The van der Waals surface area contributed by atoms with Gasteiger partial charge in [-0.1, -0.05) is 27.2 Å². The van der Waals surface area contributed by atoms with Crippen molar-refractivity contribution in [3.63, 3.8) is 0 Å². The van der Waals surface area contributed by atoms with Crippen LogP contribution in [0.2, 0.25) is 0 Å². The van der Waals surface area contributed by atoms with E-state index >= 15 is 0 Å². The minimum Gasteiger partial charge on any atom is -0.312 e. The number of nitrogens with zero attached hydrogens (tertiary/aromatic N) is 1. The molecule has 0 aromatic heterocycles. The SMILES string of the molecule is CCCN1CC(NCC2CCC2)CC(C(C)C)C1. The van der Waals surface area contributed by atoms with Crippen LogP contribution >= 0.6 is 0 Å². The van der Waals surface area contributed by atoms with E-state index < -0.39 is 0 Å². The van der Waals surface area contributed by atoms with E-state index in [1.54, 1.807) is 0 Å². The summed E-state index contributed by atoms with van der Waals surface area (Å²) in [5, 5.41) is 3.86. The van der Waals surface area contributed by atoms with Gasteiger partial charge in [-0.3, -0.25) is 0 Å². The number of nitrogens with one attached hydrogen (secondary N) is 1. The third-order valence-corrected chi connectivity index (χ3v) is 4.96. The van der Waals surface area contributed by atoms with Crippen LogP contribution < -0.4 is 5.32 Å². The zero-order valence-electron chi connectivity index (χ0n) is 12.6. The van der Waals surface area contributed by atoms with Gasteiger partial charge in [0.25, 0.3) is 0 Å². The van der Waals surface area contributed by atoms with Crippen molar-refractivity contribution in [3.05, 3.63) is 0 Å². The van der Waals surface area contributed by atoms with Gasteiger partial charge >= 0.3 is 0 Å². The predicted molar refractivity (Wildman–Crippen MR) is 78.8 cm³/mol. The minimum atomic E-state index is 0.748. The molecule has 0 amide bonds. The second-order valence-corrected chi connectivity index (χ2v) is 6.90. The van der Waals surface area contributed by atoms with Crippen LogP contribution in [0.1, 0.15) is 52.9 Å². The molecule has 0 spiro atoms. The lowest BCUT2D eigenvalue weighted by molar-refractivity contribution is 0.111. The molecular formula is C16H32N2. The molecule has 2 aliphatic rings. The molecule has 1 saturated carbocycles. The zero-order valence-corrected chi connectivity index (χ0v) is 12.6. The maximum absolute atomic E-state index is 3.86. The Labute approximate surface area is 114 Å². The molecule has 0 aromatic carbocycles.